The predicted octanol–water partition coefficient (Wildman–Crippen LogP) is 3.78. The van der Waals surface area contributed by atoms with Gasteiger partial charge in [-0.25, -0.2) is 0 Å². The number of amides is 2. The van der Waals surface area contributed by atoms with Crippen molar-refractivity contribution >= 4 is 36.6 Å². The molecule has 2 N–H and O–H groups in total. The number of aliphatic hydroxyl groups is 1. The van der Waals surface area contributed by atoms with Crippen molar-refractivity contribution in [2.24, 2.45) is 0 Å². The van der Waals surface area contributed by atoms with Gasteiger partial charge in [-0.3, -0.25) is 19.5 Å². The number of nitrogens with one attached hydrogen (secondary N) is 1. The maximum Gasteiger partial charge on any atom is 0.246 e. The summed E-state index contributed by atoms with van der Waals surface area (Å²) in [6.07, 6.45) is 9.95. The smallest absolute Gasteiger partial charge is 0.246 e. The summed E-state index contributed by atoms with van der Waals surface area (Å²) in [6, 6.07) is 3.53. The summed E-state index contributed by atoms with van der Waals surface area (Å²) in [5.74, 6) is -0.0301. The van der Waals surface area contributed by atoms with Crippen LogP contribution in [0.1, 0.15) is 82.4 Å². The molecule has 1 aromatic rings. The molecular weight excluding hydrogens is 487 g/mol. The van der Waals surface area contributed by atoms with Gasteiger partial charge in [-0.05, 0) is 50.7 Å². The highest BCUT2D eigenvalue weighted by atomic mass is 35.5. The first-order valence-electron chi connectivity index (χ1n) is 12.8. The Morgan fingerprint density at radius 2 is 1.77 bits per heavy atom. The van der Waals surface area contributed by atoms with Crippen LogP contribution in [-0.4, -0.2) is 68.5 Å². The molecule has 0 unspecified atom stereocenters. The summed E-state index contributed by atoms with van der Waals surface area (Å²) in [5.41, 5.74) is 0.579. The molecule has 0 bridgehead atoms. The lowest BCUT2D eigenvalue weighted by Crippen LogP contribution is -2.73. The quantitative estimate of drug-likeness (QED) is 0.562. The molecule has 1 aliphatic carbocycles. The van der Waals surface area contributed by atoms with Gasteiger partial charge in [-0.1, -0.05) is 38.7 Å². The van der Waals surface area contributed by atoms with Gasteiger partial charge in [0.15, 0.2) is 0 Å². The standard InChI is InChI=1S/C26H40N4O3.2ClH/c1-3-4-14-30-23(31)22(17-25(33)10-6-5-7-11-25)28-24(32)26(30)12-15-29(16-13-26)19-21-9-8-20(2)27-18-21;;/h8-9,18,22,33H,3-7,10-17,19H2,1-2H3,(H,28,32);2*1H/t22-;;/m1../s1. The molecule has 3 fully saturated rings. The van der Waals surface area contributed by atoms with Gasteiger partial charge in [0.05, 0.1) is 5.60 Å². The van der Waals surface area contributed by atoms with E-state index in [0.29, 0.717) is 25.8 Å². The fourth-order valence-electron chi connectivity index (χ4n) is 5.88. The average molecular weight is 530 g/mol. The SMILES string of the molecule is CCCCN1C(=O)[C@@H](CC2(O)CCCCC2)NC(=O)C12CCN(Cc1ccc(C)nc1)CC2.Cl.Cl. The van der Waals surface area contributed by atoms with E-state index in [1.165, 1.54) is 5.56 Å². The topological polar surface area (TPSA) is 85.8 Å². The summed E-state index contributed by atoms with van der Waals surface area (Å²) in [6.45, 7) is 7.06. The van der Waals surface area contributed by atoms with Crippen molar-refractivity contribution in [2.45, 2.75) is 102 Å². The van der Waals surface area contributed by atoms with E-state index >= 15 is 0 Å². The Labute approximate surface area is 222 Å². The minimum absolute atomic E-state index is 0. The summed E-state index contributed by atoms with van der Waals surface area (Å²) in [4.78, 5) is 35.8. The first-order valence-corrected chi connectivity index (χ1v) is 12.8. The third kappa shape index (κ3) is 6.68. The highest BCUT2D eigenvalue weighted by Crippen LogP contribution is 2.37. The maximum absolute atomic E-state index is 13.6. The van der Waals surface area contributed by atoms with Crippen LogP contribution >= 0.6 is 24.8 Å². The van der Waals surface area contributed by atoms with Crippen LogP contribution < -0.4 is 5.32 Å². The Balaban J connectivity index is 0.00000216. The number of aromatic nitrogens is 1. The van der Waals surface area contributed by atoms with E-state index in [4.69, 9.17) is 0 Å². The number of unbranched alkanes of at least 4 members (excludes halogenated alkanes) is 1. The fraction of sp³-hybridized carbons (Fsp3) is 0.731. The number of piperidine rings is 1. The second-order valence-corrected chi connectivity index (χ2v) is 10.5. The van der Waals surface area contributed by atoms with Crippen molar-refractivity contribution in [3.8, 4) is 0 Å². The van der Waals surface area contributed by atoms with Crippen molar-refractivity contribution in [2.75, 3.05) is 19.6 Å². The van der Waals surface area contributed by atoms with Crippen molar-refractivity contribution in [3.63, 3.8) is 0 Å². The molecule has 3 heterocycles. The molecule has 0 radical (unpaired) electrons. The van der Waals surface area contributed by atoms with Crippen LogP contribution in [0.3, 0.4) is 0 Å². The van der Waals surface area contributed by atoms with E-state index in [2.05, 4.69) is 28.2 Å². The minimum Gasteiger partial charge on any atom is -0.390 e. The zero-order valence-corrected chi connectivity index (χ0v) is 22.8. The maximum atomic E-state index is 13.6. The lowest BCUT2D eigenvalue weighted by Gasteiger charge is -2.52. The lowest BCUT2D eigenvalue weighted by molar-refractivity contribution is -0.163. The Hall–Kier alpha value is -1.41. The first-order chi connectivity index (χ1) is 15.8. The van der Waals surface area contributed by atoms with E-state index in [-0.39, 0.29) is 36.6 Å². The second kappa shape index (κ2) is 12.7. The van der Waals surface area contributed by atoms with Crippen LogP contribution in [0.4, 0.5) is 0 Å². The highest BCUT2D eigenvalue weighted by Gasteiger charge is 2.54. The number of aryl methyl sites for hydroxylation is 1. The summed E-state index contributed by atoms with van der Waals surface area (Å²) in [5, 5.41) is 14.1. The van der Waals surface area contributed by atoms with Crippen LogP contribution in [0.15, 0.2) is 18.3 Å². The molecule has 198 valence electrons. The van der Waals surface area contributed by atoms with Gasteiger partial charge in [0.1, 0.15) is 11.6 Å². The van der Waals surface area contributed by atoms with Crippen LogP contribution in [0.5, 0.6) is 0 Å². The molecular formula is C26H42Cl2N4O3. The van der Waals surface area contributed by atoms with Gasteiger partial charge < -0.3 is 15.3 Å². The average Bonchev–Trinajstić information content (AvgIpc) is 2.81. The number of rotatable bonds is 7. The highest BCUT2D eigenvalue weighted by molar-refractivity contribution is 6.00. The van der Waals surface area contributed by atoms with Gasteiger partial charge in [-0.15, -0.1) is 24.8 Å². The number of piperazine rings is 1. The lowest BCUT2D eigenvalue weighted by atomic mass is 9.77. The molecule has 9 heteroatoms. The number of hydrogen-bond acceptors (Lipinski definition) is 5. The molecule has 1 spiro atoms. The molecule has 35 heavy (non-hydrogen) atoms. The number of carbonyl (C=O) groups excluding carboxylic acids is 2. The monoisotopic (exact) mass is 528 g/mol. The second-order valence-electron chi connectivity index (χ2n) is 10.5. The van der Waals surface area contributed by atoms with E-state index in [1.807, 2.05) is 24.1 Å². The van der Waals surface area contributed by atoms with E-state index in [9.17, 15) is 14.7 Å². The molecule has 0 aromatic carbocycles. The first kappa shape index (κ1) is 29.8. The third-order valence-corrected chi connectivity index (χ3v) is 7.97. The molecule has 1 atom stereocenters. The zero-order chi connectivity index (χ0) is 23.5. The van der Waals surface area contributed by atoms with Crippen molar-refractivity contribution in [3.05, 3.63) is 29.6 Å². The van der Waals surface area contributed by atoms with Crippen LogP contribution in [-0.2, 0) is 16.1 Å². The molecule has 1 saturated carbocycles. The summed E-state index contributed by atoms with van der Waals surface area (Å²) < 4.78 is 0. The number of pyridine rings is 1. The Kier molecular flexibility index (Phi) is 10.8. The van der Waals surface area contributed by atoms with Crippen LogP contribution in [0, 0.1) is 6.92 Å². The minimum atomic E-state index is -0.835. The van der Waals surface area contributed by atoms with Gasteiger partial charge in [-0.2, -0.15) is 0 Å². The van der Waals surface area contributed by atoms with Gasteiger partial charge >= 0.3 is 0 Å². The van der Waals surface area contributed by atoms with Crippen molar-refractivity contribution < 1.29 is 14.7 Å². The van der Waals surface area contributed by atoms with Crippen LogP contribution in [0.2, 0.25) is 0 Å². The Bertz CT molecular complexity index is 838. The molecule has 7 nitrogen and oxygen atoms in total. The number of nitrogens with zero attached hydrogens (tertiary/aromatic N) is 3. The van der Waals surface area contributed by atoms with Crippen molar-refractivity contribution in [1.29, 1.82) is 0 Å². The summed E-state index contributed by atoms with van der Waals surface area (Å²) in [7, 11) is 0. The summed E-state index contributed by atoms with van der Waals surface area (Å²) >= 11 is 0. The van der Waals surface area contributed by atoms with E-state index < -0.39 is 17.2 Å². The number of hydrogen-bond donors (Lipinski definition) is 2. The molecule has 2 amide bonds. The predicted molar refractivity (Wildman–Crippen MR) is 142 cm³/mol. The van der Waals surface area contributed by atoms with E-state index in [0.717, 1.165) is 70.3 Å². The Morgan fingerprint density at radius 1 is 1.09 bits per heavy atom. The van der Waals surface area contributed by atoms with Crippen molar-refractivity contribution in [1.82, 2.24) is 20.1 Å². The molecule has 2 saturated heterocycles. The fourth-order valence-corrected chi connectivity index (χ4v) is 5.88. The third-order valence-electron chi connectivity index (χ3n) is 7.97. The molecule has 3 aliphatic rings. The van der Waals surface area contributed by atoms with Gasteiger partial charge in [0.2, 0.25) is 11.8 Å². The normalized spacial score (nSPS) is 23.9. The van der Waals surface area contributed by atoms with E-state index in [1.54, 1.807) is 0 Å². The number of carbonyl (C=O) groups is 2. The van der Waals surface area contributed by atoms with Gasteiger partial charge in [0.25, 0.3) is 0 Å². The number of likely N-dealkylation sites (tertiary alicyclic amines) is 1. The Morgan fingerprint density at radius 3 is 2.37 bits per heavy atom. The zero-order valence-electron chi connectivity index (χ0n) is 21.1. The van der Waals surface area contributed by atoms with Gasteiger partial charge in [0, 0.05) is 44.5 Å². The number of halogens is 2. The van der Waals surface area contributed by atoms with Crippen LogP contribution in [0.25, 0.3) is 0 Å². The molecule has 4 rings (SSSR count). The largest absolute Gasteiger partial charge is 0.390 e. The molecule has 1 aromatic heterocycles. The molecule has 2 aliphatic heterocycles.